The van der Waals surface area contributed by atoms with Crippen LogP contribution in [0, 0.1) is 5.82 Å². The van der Waals surface area contributed by atoms with Crippen molar-refractivity contribution >= 4 is 21.6 Å². The van der Waals surface area contributed by atoms with Crippen molar-refractivity contribution in [2.75, 3.05) is 37.6 Å². The van der Waals surface area contributed by atoms with Gasteiger partial charge in [-0.1, -0.05) is 30.3 Å². The Balaban J connectivity index is 1.42. The number of amides is 1. The van der Waals surface area contributed by atoms with E-state index in [1.54, 1.807) is 0 Å². The van der Waals surface area contributed by atoms with E-state index < -0.39 is 15.8 Å². The minimum Gasteiger partial charge on any atom is -0.310 e. The van der Waals surface area contributed by atoms with Crippen LogP contribution in [0.3, 0.4) is 0 Å². The predicted octanol–water partition coefficient (Wildman–Crippen LogP) is 2.11. The molecular formula is C21H24FN3O3S. The average molecular weight is 418 g/mol. The number of nitrogens with zero attached hydrogens (tertiary/aromatic N) is 3. The molecule has 1 amide bonds. The van der Waals surface area contributed by atoms with Gasteiger partial charge in [-0.05, 0) is 37.1 Å². The minimum atomic E-state index is -3.88. The van der Waals surface area contributed by atoms with Crippen LogP contribution in [0.5, 0.6) is 0 Å². The van der Waals surface area contributed by atoms with Gasteiger partial charge in [0.2, 0.25) is 15.9 Å². The second-order valence-corrected chi connectivity index (χ2v) is 9.32. The molecular weight excluding hydrogens is 393 g/mol. The smallest absolute Gasteiger partial charge is 0.246 e. The molecule has 2 aromatic carbocycles. The fourth-order valence-corrected chi connectivity index (χ4v) is 5.56. The molecule has 0 radical (unpaired) electrons. The Morgan fingerprint density at radius 1 is 0.966 bits per heavy atom. The first-order valence-electron chi connectivity index (χ1n) is 9.77. The van der Waals surface area contributed by atoms with Crippen molar-refractivity contribution in [3.05, 3.63) is 59.9 Å². The van der Waals surface area contributed by atoms with E-state index in [1.165, 1.54) is 28.1 Å². The molecule has 2 aliphatic heterocycles. The Kier molecular flexibility index (Phi) is 5.42. The number of hydrogen-bond donors (Lipinski definition) is 0. The van der Waals surface area contributed by atoms with Gasteiger partial charge in [-0.3, -0.25) is 9.69 Å². The van der Waals surface area contributed by atoms with Gasteiger partial charge in [0, 0.05) is 38.4 Å². The van der Waals surface area contributed by atoms with Crippen molar-refractivity contribution in [2.45, 2.75) is 24.3 Å². The van der Waals surface area contributed by atoms with Gasteiger partial charge < -0.3 is 4.90 Å². The van der Waals surface area contributed by atoms with Crippen molar-refractivity contribution in [2.24, 2.45) is 0 Å². The fraction of sp³-hybridized carbons (Fsp3) is 0.381. The highest BCUT2D eigenvalue weighted by molar-refractivity contribution is 7.89. The van der Waals surface area contributed by atoms with Crippen molar-refractivity contribution < 1.29 is 17.6 Å². The molecule has 2 aliphatic rings. The number of para-hydroxylation sites is 1. The molecule has 2 heterocycles. The van der Waals surface area contributed by atoms with Gasteiger partial charge in [-0.2, -0.15) is 4.31 Å². The number of hydrogen-bond acceptors (Lipinski definition) is 4. The summed E-state index contributed by atoms with van der Waals surface area (Å²) in [7, 11) is -3.88. The van der Waals surface area contributed by atoms with Crippen LogP contribution < -0.4 is 4.90 Å². The van der Waals surface area contributed by atoms with Gasteiger partial charge in [0.25, 0.3) is 0 Å². The summed E-state index contributed by atoms with van der Waals surface area (Å²) < 4.78 is 40.8. The normalized spacial score (nSPS) is 19.2. The van der Waals surface area contributed by atoms with Crippen LogP contribution in [0.25, 0.3) is 0 Å². The van der Waals surface area contributed by atoms with E-state index in [9.17, 15) is 17.6 Å². The van der Waals surface area contributed by atoms with Crippen LogP contribution in [0.2, 0.25) is 0 Å². The van der Waals surface area contributed by atoms with E-state index in [0.717, 1.165) is 18.2 Å². The minimum absolute atomic E-state index is 0.0281. The second kappa shape index (κ2) is 7.85. The first-order valence-corrected chi connectivity index (χ1v) is 11.2. The predicted molar refractivity (Wildman–Crippen MR) is 109 cm³/mol. The molecule has 6 nitrogen and oxygen atoms in total. The zero-order valence-electron chi connectivity index (χ0n) is 16.3. The first-order chi connectivity index (χ1) is 13.9. The maximum absolute atomic E-state index is 14.0. The molecule has 0 N–H and O–H groups in total. The highest BCUT2D eigenvalue weighted by atomic mass is 32.2. The average Bonchev–Trinajstić information content (AvgIpc) is 3.17. The number of piperazine rings is 1. The molecule has 0 aromatic heterocycles. The van der Waals surface area contributed by atoms with E-state index in [1.807, 2.05) is 41.0 Å². The van der Waals surface area contributed by atoms with Gasteiger partial charge in [0.1, 0.15) is 10.7 Å². The summed E-state index contributed by atoms with van der Waals surface area (Å²) in [6, 6.07) is 13.0. The van der Waals surface area contributed by atoms with Crippen molar-refractivity contribution in [1.82, 2.24) is 9.21 Å². The fourth-order valence-electron chi connectivity index (χ4n) is 4.07. The molecule has 0 unspecified atom stereocenters. The zero-order valence-corrected chi connectivity index (χ0v) is 17.1. The van der Waals surface area contributed by atoms with Crippen LogP contribution in [0.4, 0.5) is 10.1 Å². The molecule has 0 aliphatic carbocycles. The van der Waals surface area contributed by atoms with Gasteiger partial charge in [-0.15, -0.1) is 0 Å². The molecule has 0 spiro atoms. The lowest BCUT2D eigenvalue weighted by Crippen LogP contribution is -2.55. The topological polar surface area (TPSA) is 60.9 Å². The van der Waals surface area contributed by atoms with Crippen LogP contribution in [0.1, 0.15) is 12.5 Å². The number of benzene rings is 2. The first kappa shape index (κ1) is 20.0. The van der Waals surface area contributed by atoms with Crippen LogP contribution in [0.15, 0.2) is 53.4 Å². The summed E-state index contributed by atoms with van der Waals surface area (Å²) in [5.41, 5.74) is 2.14. The number of sulfonamides is 1. The largest absolute Gasteiger partial charge is 0.310 e. The van der Waals surface area contributed by atoms with Crippen molar-refractivity contribution in [1.29, 1.82) is 0 Å². The molecule has 2 aromatic rings. The van der Waals surface area contributed by atoms with E-state index in [4.69, 9.17) is 0 Å². The standard InChI is InChI=1S/C21H24FN3O3S/c1-16(21(26)25-11-10-17-6-2-4-8-19(17)25)23-12-14-24(15-13-23)29(27,28)20-9-5-3-7-18(20)22/h2-9,16H,10-15H2,1H3/t16-/m1/s1. The lowest BCUT2D eigenvalue weighted by atomic mass is 10.1. The second-order valence-electron chi connectivity index (χ2n) is 7.42. The third kappa shape index (κ3) is 3.68. The van der Waals surface area contributed by atoms with E-state index >= 15 is 0 Å². The van der Waals surface area contributed by atoms with Crippen LogP contribution >= 0.6 is 0 Å². The Morgan fingerprint density at radius 2 is 1.62 bits per heavy atom. The Morgan fingerprint density at radius 3 is 2.34 bits per heavy atom. The van der Waals surface area contributed by atoms with E-state index in [2.05, 4.69) is 0 Å². The molecule has 0 saturated carbocycles. The third-order valence-electron chi connectivity index (χ3n) is 5.79. The number of halogens is 1. The molecule has 154 valence electrons. The highest BCUT2D eigenvalue weighted by Gasteiger charge is 2.35. The number of carbonyl (C=O) groups excluding carboxylic acids is 1. The number of carbonyl (C=O) groups is 1. The number of fused-ring (bicyclic) bond motifs is 1. The molecule has 1 saturated heterocycles. The lowest BCUT2D eigenvalue weighted by molar-refractivity contribution is -0.123. The summed E-state index contributed by atoms with van der Waals surface area (Å²) in [5.74, 6) is -0.716. The van der Waals surface area contributed by atoms with Gasteiger partial charge in [-0.25, -0.2) is 12.8 Å². The number of anilines is 1. The van der Waals surface area contributed by atoms with Gasteiger partial charge in [0.05, 0.1) is 6.04 Å². The summed E-state index contributed by atoms with van der Waals surface area (Å²) >= 11 is 0. The maximum atomic E-state index is 14.0. The Bertz CT molecular complexity index is 1020. The quantitative estimate of drug-likeness (QED) is 0.765. The van der Waals surface area contributed by atoms with Crippen molar-refractivity contribution in [3.63, 3.8) is 0 Å². The monoisotopic (exact) mass is 417 g/mol. The summed E-state index contributed by atoms with van der Waals surface area (Å²) in [5, 5.41) is 0. The highest BCUT2D eigenvalue weighted by Crippen LogP contribution is 2.29. The third-order valence-corrected chi connectivity index (χ3v) is 7.72. The summed E-state index contributed by atoms with van der Waals surface area (Å²) in [6.07, 6.45) is 0.850. The SMILES string of the molecule is C[C@H](C(=O)N1CCc2ccccc21)N1CCN(S(=O)(=O)c2ccccc2F)CC1. The van der Waals surface area contributed by atoms with Gasteiger partial charge in [0.15, 0.2) is 0 Å². The molecule has 29 heavy (non-hydrogen) atoms. The van der Waals surface area contributed by atoms with Crippen molar-refractivity contribution in [3.8, 4) is 0 Å². The number of rotatable bonds is 4. The van der Waals surface area contributed by atoms with Gasteiger partial charge >= 0.3 is 0 Å². The van der Waals surface area contributed by atoms with E-state index in [0.29, 0.717) is 19.6 Å². The molecule has 8 heteroatoms. The molecule has 1 fully saturated rings. The van der Waals surface area contributed by atoms with Crippen LogP contribution in [-0.2, 0) is 21.2 Å². The summed E-state index contributed by atoms with van der Waals surface area (Å²) in [6.45, 7) is 3.84. The maximum Gasteiger partial charge on any atom is 0.246 e. The van der Waals surface area contributed by atoms with Crippen LogP contribution in [-0.4, -0.2) is 62.3 Å². The zero-order chi connectivity index (χ0) is 20.6. The summed E-state index contributed by atoms with van der Waals surface area (Å²) in [4.78, 5) is 16.6. The molecule has 4 rings (SSSR count). The molecule has 0 bridgehead atoms. The van der Waals surface area contributed by atoms with E-state index in [-0.39, 0.29) is 29.9 Å². The Hall–Kier alpha value is -2.29. The molecule has 1 atom stereocenters. The Labute approximate surface area is 170 Å². The lowest BCUT2D eigenvalue weighted by Gasteiger charge is -2.38.